The van der Waals surface area contributed by atoms with Gasteiger partial charge in [-0.1, -0.05) is 48.5 Å². The number of carboxylic acid groups (broad SMARTS) is 1. The van der Waals surface area contributed by atoms with Gasteiger partial charge in [-0.3, -0.25) is 0 Å². The summed E-state index contributed by atoms with van der Waals surface area (Å²) in [6.07, 6.45) is 0. The number of nitrogens with zero attached hydrogens (tertiary/aromatic N) is 1. The SMILES string of the molecule is O.O.O=C([O-])c1cc(-c2ccccc2)nc2ccccc12.[Na+]. The monoisotopic (exact) mass is 307 g/mol. The molecule has 0 unspecified atom stereocenters. The largest absolute Gasteiger partial charge is 1.00 e. The van der Waals surface area contributed by atoms with E-state index in [1.165, 1.54) is 0 Å². The van der Waals surface area contributed by atoms with E-state index < -0.39 is 5.97 Å². The molecule has 0 radical (unpaired) electrons. The van der Waals surface area contributed by atoms with Crippen LogP contribution in [0.15, 0.2) is 60.7 Å². The molecule has 22 heavy (non-hydrogen) atoms. The van der Waals surface area contributed by atoms with Crippen molar-refractivity contribution in [1.29, 1.82) is 0 Å². The summed E-state index contributed by atoms with van der Waals surface area (Å²) in [6, 6.07) is 18.2. The molecule has 6 heteroatoms. The van der Waals surface area contributed by atoms with Crippen LogP contribution in [0.2, 0.25) is 0 Å². The Kier molecular flexibility index (Phi) is 7.94. The first-order valence-electron chi connectivity index (χ1n) is 5.92. The number of fused-ring (bicyclic) bond motifs is 1. The molecule has 2 aromatic carbocycles. The van der Waals surface area contributed by atoms with Gasteiger partial charge >= 0.3 is 29.6 Å². The van der Waals surface area contributed by atoms with E-state index >= 15 is 0 Å². The third kappa shape index (κ3) is 3.91. The van der Waals surface area contributed by atoms with Gasteiger partial charge in [-0.2, -0.15) is 0 Å². The topological polar surface area (TPSA) is 116 Å². The summed E-state index contributed by atoms with van der Waals surface area (Å²) in [5.74, 6) is -1.18. The predicted molar refractivity (Wildman–Crippen MR) is 78.7 cm³/mol. The zero-order chi connectivity index (χ0) is 13.2. The minimum atomic E-state index is -1.18. The number of carbonyl (C=O) groups is 1. The van der Waals surface area contributed by atoms with Gasteiger partial charge in [0.1, 0.15) is 0 Å². The first-order valence-corrected chi connectivity index (χ1v) is 5.92. The fraction of sp³-hybridized carbons (Fsp3) is 0. The van der Waals surface area contributed by atoms with Crippen LogP contribution in [0.5, 0.6) is 0 Å². The summed E-state index contributed by atoms with van der Waals surface area (Å²) >= 11 is 0. The van der Waals surface area contributed by atoms with Crippen molar-refractivity contribution in [1.82, 2.24) is 4.98 Å². The molecule has 0 fully saturated rings. The van der Waals surface area contributed by atoms with Crippen LogP contribution < -0.4 is 34.7 Å². The van der Waals surface area contributed by atoms with E-state index in [9.17, 15) is 9.90 Å². The van der Waals surface area contributed by atoms with Gasteiger partial charge < -0.3 is 20.9 Å². The van der Waals surface area contributed by atoms with Gasteiger partial charge in [-0.15, -0.1) is 0 Å². The van der Waals surface area contributed by atoms with Crippen molar-refractivity contribution in [2.45, 2.75) is 0 Å². The molecule has 1 aromatic heterocycles. The summed E-state index contributed by atoms with van der Waals surface area (Å²) in [4.78, 5) is 15.8. The summed E-state index contributed by atoms with van der Waals surface area (Å²) in [5.41, 5.74) is 2.35. The van der Waals surface area contributed by atoms with Crippen molar-refractivity contribution < 1.29 is 50.4 Å². The van der Waals surface area contributed by atoms with Gasteiger partial charge in [-0.25, -0.2) is 4.98 Å². The van der Waals surface area contributed by atoms with Crippen LogP contribution in [-0.2, 0) is 0 Å². The number of hydrogen-bond acceptors (Lipinski definition) is 3. The van der Waals surface area contributed by atoms with Crippen molar-refractivity contribution in [3.8, 4) is 11.3 Å². The van der Waals surface area contributed by atoms with Gasteiger partial charge in [0.2, 0.25) is 0 Å². The molecule has 4 N–H and O–H groups in total. The van der Waals surface area contributed by atoms with Crippen LogP contribution in [0.1, 0.15) is 10.4 Å². The van der Waals surface area contributed by atoms with E-state index in [1.807, 2.05) is 36.4 Å². The van der Waals surface area contributed by atoms with Crippen molar-refractivity contribution in [2.75, 3.05) is 0 Å². The second-order valence-corrected chi connectivity index (χ2v) is 4.23. The third-order valence-corrected chi connectivity index (χ3v) is 3.01. The van der Waals surface area contributed by atoms with E-state index in [0.717, 1.165) is 5.56 Å². The Hall–Kier alpha value is -1.76. The quantitative estimate of drug-likeness (QED) is 0.492. The first kappa shape index (κ1) is 20.2. The minimum absolute atomic E-state index is 0. The number of pyridine rings is 1. The molecule has 3 aromatic rings. The second-order valence-electron chi connectivity index (χ2n) is 4.23. The van der Waals surface area contributed by atoms with Crippen LogP contribution in [0.4, 0.5) is 0 Å². The predicted octanol–water partition coefficient (Wildman–Crippen LogP) is -2.38. The number of hydrogen-bond donors (Lipinski definition) is 0. The molecule has 0 spiro atoms. The van der Waals surface area contributed by atoms with Gasteiger partial charge in [0.15, 0.2) is 0 Å². The molecule has 0 bridgehead atoms. The average Bonchev–Trinajstić information content (AvgIpc) is 2.47. The number of para-hydroxylation sites is 1. The number of aromatic carboxylic acids is 1. The molecule has 0 aliphatic rings. The molecule has 0 saturated carbocycles. The van der Waals surface area contributed by atoms with Crippen LogP contribution >= 0.6 is 0 Å². The maximum Gasteiger partial charge on any atom is 1.00 e. The van der Waals surface area contributed by atoms with Crippen LogP contribution in [0.3, 0.4) is 0 Å². The summed E-state index contributed by atoms with van der Waals surface area (Å²) in [7, 11) is 0. The summed E-state index contributed by atoms with van der Waals surface area (Å²) in [5, 5.41) is 11.9. The standard InChI is InChI=1S/C16H11NO2.Na.2H2O/c18-16(19)13-10-15(11-6-2-1-3-7-11)17-14-9-5-4-8-12(13)14;;;/h1-10H,(H,18,19);;2*1H2/q;+1;;/p-1. The van der Waals surface area contributed by atoms with E-state index in [2.05, 4.69) is 4.98 Å². The molecule has 3 rings (SSSR count). The zero-order valence-electron chi connectivity index (χ0n) is 12.0. The van der Waals surface area contributed by atoms with Crippen LogP contribution in [0, 0.1) is 0 Å². The molecule has 0 atom stereocenters. The number of rotatable bonds is 2. The summed E-state index contributed by atoms with van der Waals surface area (Å²) in [6.45, 7) is 0. The Morgan fingerprint density at radius 1 is 0.909 bits per heavy atom. The normalized spacial score (nSPS) is 9.09. The van der Waals surface area contributed by atoms with Crippen LogP contribution in [0.25, 0.3) is 22.2 Å². The molecular formula is C16H14NNaO4. The maximum absolute atomic E-state index is 11.3. The zero-order valence-corrected chi connectivity index (χ0v) is 14.0. The van der Waals surface area contributed by atoms with Crippen molar-refractivity contribution in [3.05, 3.63) is 66.2 Å². The first-order chi connectivity index (χ1) is 9.25. The number of carboxylic acids is 1. The van der Waals surface area contributed by atoms with Gasteiger partial charge in [0.05, 0.1) is 17.2 Å². The molecule has 5 nitrogen and oxygen atoms in total. The van der Waals surface area contributed by atoms with Crippen molar-refractivity contribution in [2.24, 2.45) is 0 Å². The van der Waals surface area contributed by atoms with Gasteiger partial charge in [0.25, 0.3) is 0 Å². The molecular weight excluding hydrogens is 293 g/mol. The van der Waals surface area contributed by atoms with E-state index in [0.29, 0.717) is 16.6 Å². The Labute approximate surface area is 149 Å². The van der Waals surface area contributed by atoms with E-state index in [4.69, 9.17) is 0 Å². The second kappa shape index (κ2) is 8.63. The fourth-order valence-corrected chi connectivity index (χ4v) is 2.10. The molecule has 108 valence electrons. The Balaban J connectivity index is 0.00000147. The number of aromatic nitrogens is 1. The smallest absolute Gasteiger partial charge is 0.545 e. The molecule has 1 heterocycles. The van der Waals surface area contributed by atoms with Crippen molar-refractivity contribution in [3.63, 3.8) is 0 Å². The van der Waals surface area contributed by atoms with Gasteiger partial charge in [0, 0.05) is 16.5 Å². The fourth-order valence-electron chi connectivity index (χ4n) is 2.10. The Morgan fingerprint density at radius 2 is 1.50 bits per heavy atom. The van der Waals surface area contributed by atoms with E-state index in [1.54, 1.807) is 24.3 Å². The number of carbonyl (C=O) groups excluding carboxylic acids is 1. The minimum Gasteiger partial charge on any atom is -0.545 e. The molecule has 0 amide bonds. The maximum atomic E-state index is 11.3. The molecule has 0 saturated heterocycles. The Morgan fingerprint density at radius 3 is 2.14 bits per heavy atom. The average molecular weight is 307 g/mol. The summed E-state index contributed by atoms with van der Waals surface area (Å²) < 4.78 is 0. The van der Waals surface area contributed by atoms with E-state index in [-0.39, 0.29) is 46.1 Å². The van der Waals surface area contributed by atoms with Gasteiger partial charge in [-0.05, 0) is 12.1 Å². The van der Waals surface area contributed by atoms with Crippen LogP contribution in [-0.4, -0.2) is 21.9 Å². The van der Waals surface area contributed by atoms with Crippen molar-refractivity contribution >= 4 is 16.9 Å². The molecule has 0 aliphatic carbocycles. The molecule has 0 aliphatic heterocycles. The Bertz CT molecular complexity index is 762. The number of benzene rings is 2. The third-order valence-electron chi connectivity index (χ3n) is 3.01.